The molecule has 3 rings (SSSR count). The van der Waals surface area contributed by atoms with Crippen LogP contribution in [0.1, 0.15) is 39.4 Å². The number of nitrogens with zero attached hydrogens (tertiary/aromatic N) is 1. The van der Waals surface area contributed by atoms with Crippen LogP contribution in [0, 0.1) is 6.92 Å². The van der Waals surface area contributed by atoms with Crippen LogP contribution in [-0.4, -0.2) is 17.4 Å². The molecule has 3 aromatic rings. The third kappa shape index (κ3) is 5.29. The first-order valence-corrected chi connectivity index (χ1v) is 10.1. The highest BCUT2D eigenvalue weighted by molar-refractivity contribution is 7.13. The molecule has 0 aliphatic rings. The van der Waals surface area contributed by atoms with Crippen LogP contribution in [0.25, 0.3) is 0 Å². The minimum absolute atomic E-state index is 0.0707. The number of hydrogen-bond donors (Lipinski definition) is 2. The summed E-state index contributed by atoms with van der Waals surface area (Å²) in [6, 6.07) is 11.8. The standard InChI is InChI=1S/C21H23N3O3S/c1-14-12-17(10-9-15-6-3-2-4-7-15)27-20(26)18(14)19(25)23-11-5-8-16-13-28-21(22)24-16/h2-4,6-7,12-13H,5,8-11H2,1H3,(H2,22,24)(H,23,25). The van der Waals surface area contributed by atoms with Crippen LogP contribution in [0.4, 0.5) is 5.13 Å². The van der Waals surface area contributed by atoms with E-state index in [2.05, 4.69) is 10.3 Å². The number of nitrogens with two attached hydrogens (primary N) is 1. The largest absolute Gasteiger partial charge is 0.427 e. The second-order valence-corrected chi connectivity index (χ2v) is 7.47. The van der Waals surface area contributed by atoms with Crippen LogP contribution in [0.3, 0.4) is 0 Å². The summed E-state index contributed by atoms with van der Waals surface area (Å²) in [5, 5.41) is 5.23. The van der Waals surface area contributed by atoms with Crippen LogP contribution in [-0.2, 0) is 19.3 Å². The van der Waals surface area contributed by atoms with Gasteiger partial charge in [-0.05, 0) is 43.4 Å². The van der Waals surface area contributed by atoms with Crippen molar-refractivity contribution in [2.24, 2.45) is 0 Å². The molecule has 0 saturated carbocycles. The van der Waals surface area contributed by atoms with Crippen molar-refractivity contribution in [3.8, 4) is 0 Å². The van der Waals surface area contributed by atoms with E-state index in [-0.39, 0.29) is 5.56 Å². The monoisotopic (exact) mass is 397 g/mol. The Morgan fingerprint density at radius 3 is 2.68 bits per heavy atom. The molecule has 2 aromatic heterocycles. The molecule has 0 spiro atoms. The highest BCUT2D eigenvalue weighted by Crippen LogP contribution is 2.13. The fourth-order valence-corrected chi connectivity index (χ4v) is 3.58. The summed E-state index contributed by atoms with van der Waals surface area (Å²) in [6.45, 7) is 2.21. The molecular weight excluding hydrogens is 374 g/mol. The van der Waals surface area contributed by atoms with Gasteiger partial charge >= 0.3 is 5.63 Å². The number of amides is 1. The summed E-state index contributed by atoms with van der Waals surface area (Å²) in [7, 11) is 0. The Kier molecular flexibility index (Phi) is 6.60. The average Bonchev–Trinajstić information content (AvgIpc) is 3.09. The van der Waals surface area contributed by atoms with E-state index in [0.29, 0.717) is 35.8 Å². The van der Waals surface area contributed by atoms with Gasteiger partial charge in [-0.2, -0.15) is 0 Å². The van der Waals surface area contributed by atoms with E-state index in [1.807, 2.05) is 35.7 Å². The average molecular weight is 398 g/mol. The van der Waals surface area contributed by atoms with Crippen LogP contribution in [0.2, 0.25) is 0 Å². The Bertz CT molecular complexity index is 996. The zero-order valence-corrected chi connectivity index (χ0v) is 16.6. The van der Waals surface area contributed by atoms with E-state index in [4.69, 9.17) is 10.2 Å². The van der Waals surface area contributed by atoms with Gasteiger partial charge < -0.3 is 15.5 Å². The normalized spacial score (nSPS) is 10.8. The molecule has 2 heterocycles. The predicted octanol–water partition coefficient (Wildman–Crippen LogP) is 3.13. The lowest BCUT2D eigenvalue weighted by Crippen LogP contribution is -2.30. The number of rotatable bonds is 8. The quantitative estimate of drug-likeness (QED) is 0.569. The minimum Gasteiger partial charge on any atom is -0.427 e. The number of aryl methyl sites for hydroxylation is 4. The van der Waals surface area contributed by atoms with Crippen LogP contribution >= 0.6 is 11.3 Å². The van der Waals surface area contributed by atoms with Gasteiger partial charge in [-0.25, -0.2) is 9.78 Å². The molecule has 3 N–H and O–H groups in total. The fourth-order valence-electron chi connectivity index (χ4n) is 2.98. The third-order valence-corrected chi connectivity index (χ3v) is 5.12. The first kappa shape index (κ1) is 19.8. The number of nitrogens with one attached hydrogen (secondary N) is 1. The lowest BCUT2D eigenvalue weighted by molar-refractivity contribution is 0.0948. The van der Waals surface area contributed by atoms with Gasteiger partial charge in [0.05, 0.1) is 5.69 Å². The Labute approximate surface area is 167 Å². The molecule has 0 aliphatic carbocycles. The molecule has 28 heavy (non-hydrogen) atoms. The Hall–Kier alpha value is -2.93. The molecule has 0 aliphatic heterocycles. The smallest absolute Gasteiger partial charge is 0.349 e. The number of aromatic nitrogens is 1. The number of nitrogen functional groups attached to an aromatic ring is 1. The summed E-state index contributed by atoms with van der Waals surface area (Å²) in [6.07, 6.45) is 2.82. The summed E-state index contributed by atoms with van der Waals surface area (Å²) >= 11 is 1.40. The minimum atomic E-state index is -0.590. The Morgan fingerprint density at radius 1 is 1.21 bits per heavy atom. The van der Waals surface area contributed by atoms with Crippen molar-refractivity contribution in [3.63, 3.8) is 0 Å². The zero-order chi connectivity index (χ0) is 19.9. The third-order valence-electron chi connectivity index (χ3n) is 4.39. The van der Waals surface area contributed by atoms with Crippen molar-refractivity contribution >= 4 is 22.4 Å². The summed E-state index contributed by atoms with van der Waals surface area (Å²) in [5.74, 6) is 0.183. The van der Waals surface area contributed by atoms with Gasteiger partial charge in [0.2, 0.25) is 0 Å². The maximum absolute atomic E-state index is 12.4. The Morgan fingerprint density at radius 2 is 2.00 bits per heavy atom. The van der Waals surface area contributed by atoms with E-state index in [0.717, 1.165) is 18.5 Å². The molecule has 0 atom stereocenters. The van der Waals surface area contributed by atoms with Gasteiger partial charge in [-0.15, -0.1) is 11.3 Å². The SMILES string of the molecule is Cc1cc(CCc2ccccc2)oc(=O)c1C(=O)NCCCc1csc(N)n1. The van der Waals surface area contributed by atoms with Gasteiger partial charge in [0, 0.05) is 18.3 Å². The fraction of sp³-hybridized carbons (Fsp3) is 0.286. The number of anilines is 1. The van der Waals surface area contributed by atoms with Gasteiger partial charge in [-0.1, -0.05) is 30.3 Å². The molecule has 7 heteroatoms. The van der Waals surface area contributed by atoms with E-state index < -0.39 is 11.5 Å². The van der Waals surface area contributed by atoms with Gasteiger partial charge in [-0.3, -0.25) is 4.79 Å². The van der Waals surface area contributed by atoms with Gasteiger partial charge in [0.1, 0.15) is 11.3 Å². The van der Waals surface area contributed by atoms with Crippen LogP contribution < -0.4 is 16.7 Å². The molecule has 0 bridgehead atoms. The molecule has 0 radical (unpaired) electrons. The predicted molar refractivity (Wildman–Crippen MR) is 111 cm³/mol. The lowest BCUT2D eigenvalue weighted by Gasteiger charge is -2.08. The van der Waals surface area contributed by atoms with E-state index >= 15 is 0 Å². The molecular formula is C21H23N3O3S. The van der Waals surface area contributed by atoms with E-state index in [9.17, 15) is 9.59 Å². The second kappa shape index (κ2) is 9.32. The zero-order valence-electron chi connectivity index (χ0n) is 15.7. The van der Waals surface area contributed by atoms with Crippen molar-refractivity contribution in [1.82, 2.24) is 10.3 Å². The molecule has 146 valence electrons. The van der Waals surface area contributed by atoms with Gasteiger partial charge in [0.15, 0.2) is 5.13 Å². The number of thiazole rings is 1. The first-order chi connectivity index (χ1) is 13.5. The summed E-state index contributed by atoms with van der Waals surface area (Å²) in [5.41, 5.74) is 7.79. The second-order valence-electron chi connectivity index (χ2n) is 6.58. The van der Waals surface area contributed by atoms with Crippen molar-refractivity contribution in [1.29, 1.82) is 0 Å². The molecule has 0 fully saturated rings. The topological polar surface area (TPSA) is 98.2 Å². The number of hydrogen-bond acceptors (Lipinski definition) is 6. The first-order valence-electron chi connectivity index (χ1n) is 9.18. The molecule has 0 saturated heterocycles. The molecule has 6 nitrogen and oxygen atoms in total. The summed E-state index contributed by atoms with van der Waals surface area (Å²) in [4.78, 5) is 28.9. The van der Waals surface area contributed by atoms with Crippen molar-refractivity contribution < 1.29 is 9.21 Å². The van der Waals surface area contributed by atoms with Crippen molar-refractivity contribution in [2.45, 2.75) is 32.6 Å². The van der Waals surface area contributed by atoms with Crippen molar-refractivity contribution in [3.05, 3.63) is 80.3 Å². The maximum atomic E-state index is 12.4. The van der Waals surface area contributed by atoms with Gasteiger partial charge in [0.25, 0.3) is 5.91 Å². The number of carbonyl (C=O) groups excluding carboxylic acids is 1. The Balaban J connectivity index is 1.55. The van der Waals surface area contributed by atoms with Crippen LogP contribution in [0.5, 0.6) is 0 Å². The maximum Gasteiger partial charge on any atom is 0.349 e. The number of benzene rings is 1. The highest BCUT2D eigenvalue weighted by Gasteiger charge is 2.16. The lowest BCUT2D eigenvalue weighted by atomic mass is 10.1. The molecule has 1 aromatic carbocycles. The van der Waals surface area contributed by atoms with Crippen molar-refractivity contribution in [2.75, 3.05) is 12.3 Å². The number of carbonyl (C=O) groups is 1. The van der Waals surface area contributed by atoms with Crippen LogP contribution in [0.15, 0.2) is 51.0 Å². The summed E-state index contributed by atoms with van der Waals surface area (Å²) < 4.78 is 5.37. The highest BCUT2D eigenvalue weighted by atomic mass is 32.1. The van der Waals surface area contributed by atoms with E-state index in [1.165, 1.54) is 16.9 Å². The molecule has 1 amide bonds. The van der Waals surface area contributed by atoms with E-state index in [1.54, 1.807) is 13.0 Å². The molecule has 0 unspecified atom stereocenters.